The lowest BCUT2D eigenvalue weighted by Gasteiger charge is -2.26. The van der Waals surface area contributed by atoms with Crippen LogP contribution >= 0.6 is 0 Å². The van der Waals surface area contributed by atoms with Crippen LogP contribution < -0.4 is 0 Å². The van der Waals surface area contributed by atoms with Gasteiger partial charge in [-0.15, -0.1) is 0 Å². The second kappa shape index (κ2) is 5.74. The van der Waals surface area contributed by atoms with E-state index in [9.17, 15) is 4.79 Å². The molecule has 1 heterocycles. The summed E-state index contributed by atoms with van der Waals surface area (Å²) in [6, 6.07) is 8.24. The minimum absolute atomic E-state index is 0.275. The van der Waals surface area contributed by atoms with Gasteiger partial charge in [-0.05, 0) is 31.1 Å². The first-order chi connectivity index (χ1) is 9.15. The Morgan fingerprint density at radius 2 is 2.00 bits per heavy atom. The highest BCUT2D eigenvalue weighted by Crippen LogP contribution is 2.26. The predicted molar refractivity (Wildman–Crippen MR) is 76.5 cm³/mol. The minimum Gasteiger partial charge on any atom is -0.465 e. The molecule has 0 aromatic heterocycles. The van der Waals surface area contributed by atoms with Gasteiger partial charge in [-0.25, -0.2) is 4.79 Å². The van der Waals surface area contributed by atoms with E-state index >= 15 is 0 Å². The van der Waals surface area contributed by atoms with Crippen LogP contribution in [0.5, 0.6) is 0 Å². The van der Waals surface area contributed by atoms with Gasteiger partial charge in [0.1, 0.15) is 0 Å². The third-order valence-corrected chi connectivity index (χ3v) is 3.35. The fourth-order valence-corrected chi connectivity index (χ4v) is 2.14. The molecule has 1 aromatic carbocycles. The van der Waals surface area contributed by atoms with Crippen molar-refractivity contribution in [2.24, 2.45) is 0 Å². The maximum absolute atomic E-state index is 11.9. The summed E-state index contributed by atoms with van der Waals surface area (Å²) in [5.41, 5.74) is 3.96. The molecule has 0 spiro atoms. The standard InChI is InChI=1S/C16H19NO2/c1-4-17-10-9-14(16(18)19-3)15(11-17)13-7-5-12(2)6-8-13/h5-10H,4,11H2,1-3H3. The van der Waals surface area contributed by atoms with Gasteiger partial charge in [0.25, 0.3) is 0 Å². The summed E-state index contributed by atoms with van der Waals surface area (Å²) < 4.78 is 4.87. The lowest BCUT2D eigenvalue weighted by molar-refractivity contribution is -0.135. The number of carbonyl (C=O) groups is 1. The molecular weight excluding hydrogens is 238 g/mol. The van der Waals surface area contributed by atoms with E-state index < -0.39 is 0 Å². The number of aryl methyl sites for hydroxylation is 1. The Morgan fingerprint density at radius 1 is 1.32 bits per heavy atom. The monoisotopic (exact) mass is 257 g/mol. The van der Waals surface area contributed by atoms with Crippen LogP contribution in [0.15, 0.2) is 42.1 Å². The molecule has 19 heavy (non-hydrogen) atoms. The lowest BCUT2D eigenvalue weighted by Crippen LogP contribution is -2.24. The fraction of sp³-hybridized carbons (Fsp3) is 0.312. The van der Waals surface area contributed by atoms with Crippen molar-refractivity contribution in [1.82, 2.24) is 4.90 Å². The topological polar surface area (TPSA) is 29.5 Å². The summed E-state index contributed by atoms with van der Waals surface area (Å²) in [4.78, 5) is 14.0. The smallest absolute Gasteiger partial charge is 0.338 e. The van der Waals surface area contributed by atoms with Crippen LogP contribution in [-0.2, 0) is 9.53 Å². The van der Waals surface area contributed by atoms with Crippen molar-refractivity contribution >= 4 is 11.5 Å². The molecular formula is C16H19NO2. The molecule has 3 nitrogen and oxygen atoms in total. The van der Waals surface area contributed by atoms with Crippen molar-refractivity contribution in [3.63, 3.8) is 0 Å². The molecule has 0 saturated carbocycles. The van der Waals surface area contributed by atoms with Gasteiger partial charge in [-0.1, -0.05) is 29.8 Å². The highest BCUT2D eigenvalue weighted by atomic mass is 16.5. The number of ether oxygens (including phenoxy) is 1. The number of likely N-dealkylation sites (N-methyl/N-ethyl adjacent to an activating group) is 1. The molecule has 0 unspecified atom stereocenters. The van der Waals surface area contributed by atoms with Gasteiger partial charge < -0.3 is 9.64 Å². The summed E-state index contributed by atoms with van der Waals surface area (Å²) in [7, 11) is 1.42. The van der Waals surface area contributed by atoms with Crippen LogP contribution in [-0.4, -0.2) is 31.1 Å². The molecule has 0 atom stereocenters. The van der Waals surface area contributed by atoms with Gasteiger partial charge in [0.2, 0.25) is 0 Å². The molecule has 1 aliphatic heterocycles. The average Bonchev–Trinajstić information content (AvgIpc) is 2.46. The number of nitrogens with zero attached hydrogens (tertiary/aromatic N) is 1. The first-order valence-corrected chi connectivity index (χ1v) is 6.46. The van der Waals surface area contributed by atoms with Crippen molar-refractivity contribution in [2.75, 3.05) is 20.2 Å². The second-order valence-corrected chi connectivity index (χ2v) is 4.63. The molecule has 0 saturated heterocycles. The summed E-state index contributed by atoms with van der Waals surface area (Å²) in [5, 5.41) is 0. The molecule has 0 radical (unpaired) electrons. The largest absolute Gasteiger partial charge is 0.465 e. The van der Waals surface area contributed by atoms with Crippen molar-refractivity contribution < 1.29 is 9.53 Å². The Labute approximate surface area is 114 Å². The zero-order valence-corrected chi connectivity index (χ0v) is 11.6. The number of rotatable bonds is 3. The zero-order valence-electron chi connectivity index (χ0n) is 11.6. The fourth-order valence-electron chi connectivity index (χ4n) is 2.14. The Hall–Kier alpha value is -2.03. The average molecular weight is 257 g/mol. The van der Waals surface area contributed by atoms with E-state index in [-0.39, 0.29) is 5.97 Å². The van der Waals surface area contributed by atoms with Crippen LogP contribution in [0.3, 0.4) is 0 Å². The van der Waals surface area contributed by atoms with Crippen LogP contribution in [0, 0.1) is 6.92 Å². The summed E-state index contributed by atoms with van der Waals surface area (Å²) in [5.74, 6) is -0.275. The SMILES string of the molecule is CCN1C=CC(C(=O)OC)=C(c2ccc(C)cc2)C1. The van der Waals surface area contributed by atoms with Crippen molar-refractivity contribution in [3.8, 4) is 0 Å². The molecule has 2 rings (SSSR count). The molecule has 0 N–H and O–H groups in total. The van der Waals surface area contributed by atoms with E-state index in [0.717, 1.165) is 24.2 Å². The molecule has 3 heteroatoms. The van der Waals surface area contributed by atoms with Crippen molar-refractivity contribution in [2.45, 2.75) is 13.8 Å². The first kappa shape index (κ1) is 13.4. The number of hydrogen-bond donors (Lipinski definition) is 0. The number of methoxy groups -OCH3 is 1. The highest BCUT2D eigenvalue weighted by molar-refractivity contribution is 6.01. The molecule has 1 aliphatic rings. The van der Waals surface area contributed by atoms with E-state index in [1.165, 1.54) is 12.7 Å². The minimum atomic E-state index is -0.275. The van der Waals surface area contributed by atoms with Crippen molar-refractivity contribution in [3.05, 3.63) is 53.2 Å². The van der Waals surface area contributed by atoms with Gasteiger partial charge in [0.05, 0.1) is 12.7 Å². The number of carbonyl (C=O) groups excluding carboxylic acids is 1. The van der Waals surface area contributed by atoms with E-state index in [4.69, 9.17) is 4.74 Å². The van der Waals surface area contributed by atoms with E-state index in [2.05, 4.69) is 43.0 Å². The van der Waals surface area contributed by atoms with Gasteiger partial charge in [-0.2, -0.15) is 0 Å². The summed E-state index contributed by atoms with van der Waals surface area (Å²) >= 11 is 0. The van der Waals surface area contributed by atoms with E-state index in [1.54, 1.807) is 0 Å². The summed E-state index contributed by atoms with van der Waals surface area (Å²) in [6.45, 7) is 5.81. The Bertz CT molecular complexity index is 526. The Balaban J connectivity index is 2.44. The third-order valence-electron chi connectivity index (χ3n) is 3.35. The Morgan fingerprint density at radius 3 is 2.58 bits per heavy atom. The van der Waals surface area contributed by atoms with E-state index in [1.807, 2.05) is 12.3 Å². The molecule has 0 fully saturated rings. The molecule has 0 bridgehead atoms. The van der Waals surface area contributed by atoms with Crippen LogP contribution in [0.4, 0.5) is 0 Å². The van der Waals surface area contributed by atoms with Gasteiger partial charge >= 0.3 is 5.97 Å². The van der Waals surface area contributed by atoms with Crippen LogP contribution in [0.1, 0.15) is 18.1 Å². The predicted octanol–water partition coefficient (Wildman–Crippen LogP) is 2.77. The van der Waals surface area contributed by atoms with Crippen LogP contribution in [0.25, 0.3) is 5.57 Å². The normalized spacial score (nSPS) is 14.8. The quantitative estimate of drug-likeness (QED) is 0.780. The summed E-state index contributed by atoms with van der Waals surface area (Å²) in [6.07, 6.45) is 3.79. The molecule has 100 valence electrons. The highest BCUT2D eigenvalue weighted by Gasteiger charge is 2.20. The van der Waals surface area contributed by atoms with Gasteiger partial charge in [-0.3, -0.25) is 0 Å². The number of hydrogen-bond acceptors (Lipinski definition) is 3. The Kier molecular flexibility index (Phi) is 4.05. The van der Waals surface area contributed by atoms with Gasteiger partial charge in [0, 0.05) is 19.3 Å². The number of benzene rings is 1. The number of esters is 1. The third kappa shape index (κ3) is 2.87. The maximum atomic E-state index is 11.9. The first-order valence-electron chi connectivity index (χ1n) is 6.46. The lowest BCUT2D eigenvalue weighted by atomic mass is 9.96. The molecule has 0 amide bonds. The van der Waals surface area contributed by atoms with E-state index in [0.29, 0.717) is 5.57 Å². The van der Waals surface area contributed by atoms with Gasteiger partial charge in [0.15, 0.2) is 0 Å². The maximum Gasteiger partial charge on any atom is 0.338 e. The van der Waals surface area contributed by atoms with Crippen LogP contribution in [0.2, 0.25) is 0 Å². The molecule has 0 aliphatic carbocycles. The molecule has 1 aromatic rings. The zero-order chi connectivity index (χ0) is 13.8. The second-order valence-electron chi connectivity index (χ2n) is 4.63. The van der Waals surface area contributed by atoms with Crippen molar-refractivity contribution in [1.29, 1.82) is 0 Å².